The number of nitrogens with one attached hydrogen (secondary N) is 2. The Morgan fingerprint density at radius 2 is 2.11 bits per heavy atom. The van der Waals surface area contributed by atoms with Gasteiger partial charge >= 0.3 is 5.97 Å². The molecule has 18 heavy (non-hydrogen) atoms. The zero-order valence-electron chi connectivity index (χ0n) is 10.4. The predicted molar refractivity (Wildman–Crippen MR) is 67.5 cm³/mol. The number of hydrogen-bond acceptors (Lipinski definition) is 4. The number of amides is 1. The SMILES string of the molecule is CC(C)CNC(=O)CNc1cccc(C(=O)O)n1. The lowest BCUT2D eigenvalue weighted by Gasteiger charge is -2.09. The summed E-state index contributed by atoms with van der Waals surface area (Å²) in [5.41, 5.74) is -0.0532. The van der Waals surface area contributed by atoms with Gasteiger partial charge in [-0.25, -0.2) is 9.78 Å². The molecule has 0 aromatic carbocycles. The first-order valence-corrected chi connectivity index (χ1v) is 5.70. The van der Waals surface area contributed by atoms with Gasteiger partial charge in [-0.1, -0.05) is 19.9 Å². The van der Waals surface area contributed by atoms with Gasteiger partial charge in [-0.3, -0.25) is 4.79 Å². The lowest BCUT2D eigenvalue weighted by molar-refractivity contribution is -0.119. The Balaban J connectivity index is 2.46. The molecule has 1 rings (SSSR count). The largest absolute Gasteiger partial charge is 0.477 e. The van der Waals surface area contributed by atoms with E-state index in [1.54, 1.807) is 12.1 Å². The lowest BCUT2D eigenvalue weighted by atomic mass is 10.2. The molecule has 0 aliphatic heterocycles. The minimum atomic E-state index is -1.09. The second kappa shape index (κ2) is 6.58. The van der Waals surface area contributed by atoms with Crippen molar-refractivity contribution in [3.63, 3.8) is 0 Å². The standard InChI is InChI=1S/C12H17N3O3/c1-8(2)6-14-11(16)7-13-10-5-3-4-9(15-10)12(17)18/h3-5,8H,6-7H2,1-2H3,(H,13,15)(H,14,16)(H,17,18). The van der Waals surface area contributed by atoms with Crippen LogP contribution in [0.15, 0.2) is 18.2 Å². The fourth-order valence-corrected chi connectivity index (χ4v) is 1.20. The van der Waals surface area contributed by atoms with Crippen molar-refractivity contribution in [1.29, 1.82) is 0 Å². The van der Waals surface area contributed by atoms with Crippen molar-refractivity contribution in [2.75, 3.05) is 18.4 Å². The molecular formula is C12H17N3O3. The van der Waals surface area contributed by atoms with E-state index in [-0.39, 0.29) is 18.1 Å². The van der Waals surface area contributed by atoms with E-state index in [4.69, 9.17) is 5.11 Å². The third-order valence-electron chi connectivity index (χ3n) is 2.11. The molecule has 0 atom stereocenters. The van der Waals surface area contributed by atoms with Crippen LogP contribution in [0, 0.1) is 5.92 Å². The van der Waals surface area contributed by atoms with Crippen LogP contribution in [-0.4, -0.2) is 35.1 Å². The number of carbonyl (C=O) groups is 2. The fraction of sp³-hybridized carbons (Fsp3) is 0.417. The van der Waals surface area contributed by atoms with Gasteiger partial charge in [-0.15, -0.1) is 0 Å². The number of nitrogens with zero attached hydrogens (tertiary/aromatic N) is 1. The summed E-state index contributed by atoms with van der Waals surface area (Å²) in [5, 5.41) is 14.3. The highest BCUT2D eigenvalue weighted by Crippen LogP contribution is 2.04. The molecule has 0 radical (unpaired) electrons. The van der Waals surface area contributed by atoms with E-state index in [1.165, 1.54) is 6.07 Å². The van der Waals surface area contributed by atoms with Crippen LogP contribution in [0.25, 0.3) is 0 Å². The molecule has 0 fully saturated rings. The number of anilines is 1. The highest BCUT2D eigenvalue weighted by molar-refractivity contribution is 5.86. The van der Waals surface area contributed by atoms with Crippen LogP contribution < -0.4 is 10.6 Å². The maximum atomic E-state index is 11.4. The molecule has 6 heteroatoms. The summed E-state index contributed by atoms with van der Waals surface area (Å²) in [6.07, 6.45) is 0. The van der Waals surface area contributed by atoms with Crippen molar-refractivity contribution in [1.82, 2.24) is 10.3 Å². The quantitative estimate of drug-likeness (QED) is 0.700. The Bertz CT molecular complexity index is 432. The Kier molecular flexibility index (Phi) is 5.10. The zero-order valence-corrected chi connectivity index (χ0v) is 10.4. The molecule has 1 aromatic heterocycles. The molecule has 98 valence electrons. The fourth-order valence-electron chi connectivity index (χ4n) is 1.20. The number of carbonyl (C=O) groups excluding carboxylic acids is 1. The van der Waals surface area contributed by atoms with E-state index in [2.05, 4.69) is 15.6 Å². The van der Waals surface area contributed by atoms with Crippen molar-refractivity contribution >= 4 is 17.7 Å². The monoisotopic (exact) mass is 251 g/mol. The molecular weight excluding hydrogens is 234 g/mol. The van der Waals surface area contributed by atoms with E-state index < -0.39 is 5.97 Å². The number of aromatic nitrogens is 1. The van der Waals surface area contributed by atoms with Gasteiger partial charge in [0.25, 0.3) is 0 Å². The second-order valence-corrected chi connectivity index (χ2v) is 4.26. The first-order chi connectivity index (χ1) is 8.49. The molecule has 0 aliphatic rings. The van der Waals surface area contributed by atoms with Gasteiger partial charge < -0.3 is 15.7 Å². The second-order valence-electron chi connectivity index (χ2n) is 4.26. The van der Waals surface area contributed by atoms with Crippen LogP contribution in [0.2, 0.25) is 0 Å². The van der Waals surface area contributed by atoms with E-state index in [9.17, 15) is 9.59 Å². The molecule has 1 heterocycles. The molecule has 0 unspecified atom stereocenters. The number of pyridine rings is 1. The summed E-state index contributed by atoms with van der Waals surface area (Å²) in [5.74, 6) is -0.480. The van der Waals surface area contributed by atoms with E-state index >= 15 is 0 Å². The van der Waals surface area contributed by atoms with Gasteiger partial charge in [0.15, 0.2) is 5.69 Å². The Morgan fingerprint density at radius 3 is 2.72 bits per heavy atom. The molecule has 1 aromatic rings. The summed E-state index contributed by atoms with van der Waals surface area (Å²) in [4.78, 5) is 26.0. The molecule has 0 aliphatic carbocycles. The molecule has 0 saturated heterocycles. The van der Waals surface area contributed by atoms with Crippen LogP contribution in [0.5, 0.6) is 0 Å². The van der Waals surface area contributed by atoms with Crippen LogP contribution in [0.1, 0.15) is 24.3 Å². The van der Waals surface area contributed by atoms with Crippen molar-refractivity contribution < 1.29 is 14.7 Å². The van der Waals surface area contributed by atoms with Gasteiger partial charge in [0.2, 0.25) is 5.91 Å². The first-order valence-electron chi connectivity index (χ1n) is 5.70. The van der Waals surface area contributed by atoms with Gasteiger partial charge in [-0.2, -0.15) is 0 Å². The highest BCUT2D eigenvalue weighted by Gasteiger charge is 2.06. The topological polar surface area (TPSA) is 91.3 Å². The average molecular weight is 251 g/mol. The first kappa shape index (κ1) is 14.0. The summed E-state index contributed by atoms with van der Waals surface area (Å²) in [6.45, 7) is 4.70. The summed E-state index contributed by atoms with van der Waals surface area (Å²) in [7, 11) is 0. The van der Waals surface area contributed by atoms with Crippen LogP contribution in [-0.2, 0) is 4.79 Å². The minimum absolute atomic E-state index is 0.0532. The third kappa shape index (κ3) is 4.82. The lowest BCUT2D eigenvalue weighted by Crippen LogP contribution is -2.32. The Labute approximate surface area is 105 Å². The summed E-state index contributed by atoms with van der Waals surface area (Å²) < 4.78 is 0. The summed E-state index contributed by atoms with van der Waals surface area (Å²) in [6, 6.07) is 4.58. The third-order valence-corrected chi connectivity index (χ3v) is 2.11. The molecule has 6 nitrogen and oxygen atoms in total. The van der Waals surface area contributed by atoms with Crippen molar-refractivity contribution in [3.8, 4) is 0 Å². The number of aromatic carboxylic acids is 1. The molecule has 0 bridgehead atoms. The van der Waals surface area contributed by atoms with Crippen LogP contribution >= 0.6 is 0 Å². The van der Waals surface area contributed by atoms with Gasteiger partial charge in [-0.05, 0) is 18.1 Å². The molecule has 3 N–H and O–H groups in total. The summed E-state index contributed by atoms with van der Waals surface area (Å²) >= 11 is 0. The molecule has 0 saturated carbocycles. The number of carboxylic acids is 1. The van der Waals surface area contributed by atoms with Crippen LogP contribution in [0.4, 0.5) is 5.82 Å². The van der Waals surface area contributed by atoms with Gasteiger partial charge in [0.05, 0.1) is 6.54 Å². The predicted octanol–water partition coefficient (Wildman–Crippen LogP) is 0.964. The van der Waals surface area contributed by atoms with Gasteiger partial charge in [0, 0.05) is 6.54 Å². The average Bonchev–Trinajstić information content (AvgIpc) is 2.34. The van der Waals surface area contributed by atoms with Crippen molar-refractivity contribution in [2.45, 2.75) is 13.8 Å². The number of rotatable bonds is 6. The Hall–Kier alpha value is -2.11. The Morgan fingerprint density at radius 1 is 1.39 bits per heavy atom. The minimum Gasteiger partial charge on any atom is -0.477 e. The van der Waals surface area contributed by atoms with Gasteiger partial charge in [0.1, 0.15) is 5.82 Å². The van der Waals surface area contributed by atoms with Crippen molar-refractivity contribution in [2.24, 2.45) is 5.92 Å². The highest BCUT2D eigenvalue weighted by atomic mass is 16.4. The number of hydrogen-bond donors (Lipinski definition) is 3. The normalized spacial score (nSPS) is 10.2. The van der Waals surface area contributed by atoms with Crippen molar-refractivity contribution in [3.05, 3.63) is 23.9 Å². The zero-order chi connectivity index (χ0) is 13.5. The van der Waals surface area contributed by atoms with E-state index in [1.807, 2.05) is 13.8 Å². The van der Waals surface area contributed by atoms with Crippen LogP contribution in [0.3, 0.4) is 0 Å². The maximum absolute atomic E-state index is 11.4. The number of carboxylic acid groups (broad SMARTS) is 1. The maximum Gasteiger partial charge on any atom is 0.354 e. The molecule has 1 amide bonds. The smallest absolute Gasteiger partial charge is 0.354 e. The molecule has 0 spiro atoms. The van der Waals surface area contributed by atoms with E-state index in [0.29, 0.717) is 18.3 Å². The van der Waals surface area contributed by atoms with E-state index in [0.717, 1.165) is 0 Å².